The molecule has 128 valence electrons. The van der Waals surface area contributed by atoms with Crippen molar-refractivity contribution >= 4 is 5.91 Å². The molecule has 2 aromatic rings. The summed E-state index contributed by atoms with van der Waals surface area (Å²) in [6.45, 7) is 4.48. The average molecular weight is 325 g/mol. The van der Waals surface area contributed by atoms with Crippen molar-refractivity contribution in [3.05, 3.63) is 59.9 Å². The van der Waals surface area contributed by atoms with E-state index in [2.05, 4.69) is 28.8 Å². The highest BCUT2D eigenvalue weighted by atomic mass is 16.2. The molecule has 2 atom stereocenters. The highest BCUT2D eigenvalue weighted by molar-refractivity contribution is 5.92. The molecule has 1 amide bonds. The lowest BCUT2D eigenvalue weighted by molar-refractivity contribution is 0.0650. The van der Waals surface area contributed by atoms with Crippen molar-refractivity contribution in [2.24, 2.45) is 11.7 Å². The summed E-state index contributed by atoms with van der Waals surface area (Å²) in [5.41, 5.74) is 8.13. The van der Waals surface area contributed by atoms with E-state index in [1.165, 1.54) is 5.56 Å². The first-order chi connectivity index (χ1) is 11.6. The van der Waals surface area contributed by atoms with Gasteiger partial charge in [-0.15, -0.1) is 0 Å². The molecule has 4 nitrogen and oxygen atoms in total. The van der Waals surface area contributed by atoms with Crippen LogP contribution in [0.15, 0.2) is 48.7 Å². The maximum Gasteiger partial charge on any atom is 0.270 e. The lowest BCUT2D eigenvalue weighted by Crippen LogP contribution is -2.45. The third kappa shape index (κ3) is 3.88. The number of hydrogen-bond donors (Lipinski definition) is 1. The predicted molar refractivity (Wildman–Crippen MR) is 96.9 cm³/mol. The van der Waals surface area contributed by atoms with E-state index in [0.29, 0.717) is 5.92 Å². The molecule has 4 heteroatoms. The maximum absolute atomic E-state index is 12.9. The summed E-state index contributed by atoms with van der Waals surface area (Å²) in [4.78, 5) is 14.9. The van der Waals surface area contributed by atoms with Crippen LogP contribution in [0.4, 0.5) is 0 Å². The molecule has 1 aliphatic heterocycles. The first kappa shape index (κ1) is 16.8. The molecule has 1 aliphatic rings. The fraction of sp³-hybridized carbons (Fsp3) is 0.450. The molecule has 3 rings (SSSR count). The lowest BCUT2D eigenvalue weighted by atomic mass is 9.92. The molecular formula is C20H27N3O. The van der Waals surface area contributed by atoms with Crippen LogP contribution in [0.5, 0.6) is 0 Å². The number of carbonyl (C=O) groups excluding carboxylic acids is 1. The summed E-state index contributed by atoms with van der Waals surface area (Å²) in [6, 6.07) is 14.4. The fourth-order valence-electron chi connectivity index (χ4n) is 3.48. The number of hydrogen-bond acceptors (Lipinski definition) is 2. The molecular weight excluding hydrogens is 298 g/mol. The van der Waals surface area contributed by atoms with E-state index in [1.807, 2.05) is 36.2 Å². The van der Waals surface area contributed by atoms with Crippen LogP contribution in [0.1, 0.15) is 35.8 Å². The van der Waals surface area contributed by atoms with E-state index in [0.717, 1.165) is 44.6 Å². The van der Waals surface area contributed by atoms with Gasteiger partial charge >= 0.3 is 0 Å². The van der Waals surface area contributed by atoms with Crippen molar-refractivity contribution < 1.29 is 4.79 Å². The average Bonchev–Trinajstić information content (AvgIpc) is 3.09. The topological polar surface area (TPSA) is 51.3 Å². The molecule has 1 fully saturated rings. The van der Waals surface area contributed by atoms with Gasteiger partial charge in [0.2, 0.25) is 0 Å². The second-order valence-corrected chi connectivity index (χ2v) is 6.84. The van der Waals surface area contributed by atoms with Crippen molar-refractivity contribution in [3.63, 3.8) is 0 Å². The van der Waals surface area contributed by atoms with Crippen LogP contribution in [0, 0.1) is 5.92 Å². The van der Waals surface area contributed by atoms with Gasteiger partial charge in [-0.25, -0.2) is 0 Å². The van der Waals surface area contributed by atoms with Crippen molar-refractivity contribution in [2.45, 2.75) is 38.8 Å². The maximum atomic E-state index is 12.9. The van der Waals surface area contributed by atoms with Gasteiger partial charge in [-0.3, -0.25) is 4.79 Å². The molecule has 1 saturated heterocycles. The molecule has 0 spiro atoms. The Morgan fingerprint density at radius 1 is 1.25 bits per heavy atom. The summed E-state index contributed by atoms with van der Waals surface area (Å²) in [5.74, 6) is 0.550. The predicted octanol–water partition coefficient (Wildman–Crippen LogP) is 2.93. The zero-order chi connectivity index (χ0) is 16.9. The van der Waals surface area contributed by atoms with E-state index in [4.69, 9.17) is 5.73 Å². The quantitative estimate of drug-likeness (QED) is 0.919. The Labute approximate surface area is 144 Å². The number of carbonyl (C=O) groups is 1. The van der Waals surface area contributed by atoms with Crippen LogP contribution in [0.25, 0.3) is 0 Å². The number of nitrogens with zero attached hydrogens (tertiary/aromatic N) is 2. The first-order valence-corrected chi connectivity index (χ1v) is 8.89. The fourth-order valence-corrected chi connectivity index (χ4v) is 3.48. The van der Waals surface area contributed by atoms with Gasteiger partial charge in [0.25, 0.3) is 5.91 Å². The molecule has 1 aromatic carbocycles. The summed E-state index contributed by atoms with van der Waals surface area (Å²) in [6.07, 6.45) is 5.10. The molecule has 2 heterocycles. The van der Waals surface area contributed by atoms with E-state index in [9.17, 15) is 4.79 Å². The lowest BCUT2D eigenvalue weighted by Gasteiger charge is -2.34. The Hall–Kier alpha value is -2.07. The second-order valence-electron chi connectivity index (χ2n) is 6.84. The van der Waals surface area contributed by atoms with Gasteiger partial charge in [0.15, 0.2) is 0 Å². The summed E-state index contributed by atoms with van der Waals surface area (Å²) in [7, 11) is 0. The normalized spacial score (nSPS) is 19.2. The highest BCUT2D eigenvalue weighted by Crippen LogP contribution is 2.21. The van der Waals surface area contributed by atoms with Crippen LogP contribution >= 0.6 is 0 Å². The number of piperidine rings is 1. The van der Waals surface area contributed by atoms with E-state index < -0.39 is 0 Å². The van der Waals surface area contributed by atoms with E-state index in [-0.39, 0.29) is 11.9 Å². The van der Waals surface area contributed by atoms with Gasteiger partial charge in [-0.05, 0) is 49.8 Å². The highest BCUT2D eigenvalue weighted by Gasteiger charge is 2.27. The van der Waals surface area contributed by atoms with Crippen molar-refractivity contribution in [1.82, 2.24) is 9.47 Å². The van der Waals surface area contributed by atoms with Crippen LogP contribution in [0.3, 0.4) is 0 Å². The molecule has 0 aliphatic carbocycles. The Bertz CT molecular complexity index is 663. The third-order valence-corrected chi connectivity index (χ3v) is 5.02. The molecule has 0 saturated carbocycles. The number of amides is 1. The molecule has 2 N–H and O–H groups in total. The largest absolute Gasteiger partial charge is 0.343 e. The minimum atomic E-state index is 0.137. The van der Waals surface area contributed by atoms with Crippen molar-refractivity contribution in [3.8, 4) is 0 Å². The number of aryl methyl sites for hydroxylation is 2. The van der Waals surface area contributed by atoms with Crippen LogP contribution in [-0.2, 0) is 13.0 Å². The van der Waals surface area contributed by atoms with Crippen LogP contribution in [-0.4, -0.2) is 34.5 Å². The molecule has 24 heavy (non-hydrogen) atoms. The van der Waals surface area contributed by atoms with Gasteiger partial charge in [-0.2, -0.15) is 0 Å². The number of benzene rings is 1. The van der Waals surface area contributed by atoms with Gasteiger partial charge in [0.1, 0.15) is 5.69 Å². The molecule has 0 radical (unpaired) electrons. The smallest absolute Gasteiger partial charge is 0.270 e. The molecule has 0 unspecified atom stereocenters. The number of nitrogens with two attached hydrogens (primary N) is 1. The van der Waals surface area contributed by atoms with E-state index in [1.54, 1.807) is 0 Å². The number of likely N-dealkylation sites (tertiary alicyclic amines) is 1. The molecule has 0 bridgehead atoms. The van der Waals surface area contributed by atoms with Gasteiger partial charge < -0.3 is 15.2 Å². The first-order valence-electron chi connectivity index (χ1n) is 8.89. The zero-order valence-electron chi connectivity index (χ0n) is 14.4. The van der Waals surface area contributed by atoms with Gasteiger partial charge in [-0.1, -0.05) is 30.3 Å². The monoisotopic (exact) mass is 325 g/mol. The van der Waals surface area contributed by atoms with Crippen molar-refractivity contribution in [2.75, 3.05) is 13.1 Å². The zero-order valence-corrected chi connectivity index (χ0v) is 14.4. The minimum Gasteiger partial charge on any atom is -0.343 e. The van der Waals surface area contributed by atoms with E-state index >= 15 is 0 Å². The van der Waals surface area contributed by atoms with Crippen LogP contribution in [0.2, 0.25) is 0 Å². The Kier molecular flexibility index (Phi) is 5.36. The third-order valence-electron chi connectivity index (χ3n) is 5.02. The summed E-state index contributed by atoms with van der Waals surface area (Å²) >= 11 is 0. The standard InChI is InChI=1S/C20H27N3O/c1-16(21)18-9-5-13-23(15-18)20(24)19-10-6-12-22(19)14-11-17-7-3-2-4-8-17/h2-4,6-8,10,12,16,18H,5,9,11,13-15,21H2,1H3/t16-,18+/m0/s1. The Balaban J connectivity index is 1.66. The second kappa shape index (κ2) is 7.67. The number of rotatable bonds is 5. The molecule has 1 aromatic heterocycles. The van der Waals surface area contributed by atoms with Crippen LogP contribution < -0.4 is 5.73 Å². The number of aromatic nitrogens is 1. The van der Waals surface area contributed by atoms with Gasteiger partial charge in [0.05, 0.1) is 0 Å². The minimum absolute atomic E-state index is 0.137. The van der Waals surface area contributed by atoms with Gasteiger partial charge in [0, 0.05) is 31.9 Å². The summed E-state index contributed by atoms with van der Waals surface area (Å²) in [5, 5.41) is 0. The Morgan fingerprint density at radius 2 is 2.04 bits per heavy atom. The summed E-state index contributed by atoms with van der Waals surface area (Å²) < 4.78 is 2.07. The van der Waals surface area contributed by atoms with Crippen molar-refractivity contribution in [1.29, 1.82) is 0 Å². The Morgan fingerprint density at radius 3 is 2.79 bits per heavy atom. The SMILES string of the molecule is C[C@H](N)[C@@H]1CCCN(C(=O)c2cccn2CCc2ccccc2)C1.